The molecule has 1 amide bonds. The van der Waals surface area contributed by atoms with Gasteiger partial charge in [0.2, 0.25) is 5.91 Å². The van der Waals surface area contributed by atoms with Gasteiger partial charge < -0.3 is 10.6 Å². The number of nitrogen functional groups attached to an aromatic ring is 1. The van der Waals surface area contributed by atoms with Crippen LogP contribution in [0.1, 0.15) is 44.6 Å². The first-order valence-electron chi connectivity index (χ1n) is 7.67. The van der Waals surface area contributed by atoms with E-state index in [1.165, 1.54) is 12.8 Å². The molecule has 0 bridgehead atoms. The molecule has 0 aliphatic heterocycles. The van der Waals surface area contributed by atoms with Gasteiger partial charge in [0.05, 0.1) is 0 Å². The van der Waals surface area contributed by atoms with Crippen molar-refractivity contribution in [1.29, 1.82) is 0 Å². The lowest BCUT2D eigenvalue weighted by Crippen LogP contribution is -2.39. The van der Waals surface area contributed by atoms with Crippen molar-refractivity contribution in [2.45, 2.75) is 51.5 Å². The summed E-state index contributed by atoms with van der Waals surface area (Å²) in [4.78, 5) is 14.3. The van der Waals surface area contributed by atoms with Crippen LogP contribution in [0, 0.1) is 5.92 Å². The van der Waals surface area contributed by atoms with E-state index in [1.54, 1.807) is 0 Å². The third-order valence-corrected chi connectivity index (χ3v) is 4.51. The Balaban J connectivity index is 1.86. The zero-order valence-electron chi connectivity index (χ0n) is 12.6. The van der Waals surface area contributed by atoms with Crippen LogP contribution in [-0.4, -0.2) is 23.9 Å². The SMILES string of the molecule is CC1CCCC(N(C)C(=O)CCc2ccccc2N)C1. The number of nitrogens with zero attached hydrogens (tertiary/aromatic N) is 1. The Labute approximate surface area is 122 Å². The minimum absolute atomic E-state index is 0.243. The number of rotatable bonds is 4. The maximum absolute atomic E-state index is 12.3. The van der Waals surface area contributed by atoms with E-state index in [0.717, 1.165) is 36.4 Å². The second-order valence-electron chi connectivity index (χ2n) is 6.13. The molecule has 110 valence electrons. The van der Waals surface area contributed by atoms with Crippen molar-refractivity contribution in [2.24, 2.45) is 5.92 Å². The molecular formula is C17H26N2O. The average molecular weight is 274 g/mol. The van der Waals surface area contributed by atoms with Crippen molar-refractivity contribution in [3.8, 4) is 0 Å². The molecule has 0 spiro atoms. The van der Waals surface area contributed by atoms with Crippen LogP contribution < -0.4 is 5.73 Å². The Morgan fingerprint density at radius 2 is 2.10 bits per heavy atom. The van der Waals surface area contributed by atoms with Gasteiger partial charge in [0.15, 0.2) is 0 Å². The van der Waals surface area contributed by atoms with Gasteiger partial charge in [0.25, 0.3) is 0 Å². The fourth-order valence-corrected chi connectivity index (χ4v) is 3.14. The molecule has 1 aliphatic carbocycles. The maximum Gasteiger partial charge on any atom is 0.222 e. The molecule has 2 rings (SSSR count). The van der Waals surface area contributed by atoms with Gasteiger partial charge >= 0.3 is 0 Å². The molecule has 0 saturated heterocycles. The lowest BCUT2D eigenvalue weighted by molar-refractivity contribution is -0.132. The first-order valence-corrected chi connectivity index (χ1v) is 7.67. The minimum atomic E-state index is 0.243. The van der Waals surface area contributed by atoms with Crippen LogP contribution in [0.5, 0.6) is 0 Å². The van der Waals surface area contributed by atoms with Gasteiger partial charge in [-0.15, -0.1) is 0 Å². The van der Waals surface area contributed by atoms with Crippen LogP contribution in [-0.2, 0) is 11.2 Å². The normalized spacial score (nSPS) is 22.5. The van der Waals surface area contributed by atoms with Crippen molar-refractivity contribution in [3.05, 3.63) is 29.8 Å². The van der Waals surface area contributed by atoms with Crippen LogP contribution in [0.4, 0.5) is 5.69 Å². The van der Waals surface area contributed by atoms with Gasteiger partial charge in [-0.3, -0.25) is 4.79 Å². The molecule has 1 aliphatic rings. The maximum atomic E-state index is 12.3. The summed E-state index contributed by atoms with van der Waals surface area (Å²) in [6.07, 6.45) is 6.14. The summed E-state index contributed by atoms with van der Waals surface area (Å²) < 4.78 is 0. The summed E-state index contributed by atoms with van der Waals surface area (Å²) in [5.41, 5.74) is 7.78. The van der Waals surface area contributed by atoms with Crippen LogP contribution in [0.3, 0.4) is 0 Å². The molecule has 20 heavy (non-hydrogen) atoms. The second kappa shape index (κ2) is 6.78. The van der Waals surface area contributed by atoms with Crippen molar-refractivity contribution < 1.29 is 4.79 Å². The number of hydrogen-bond donors (Lipinski definition) is 1. The molecule has 0 heterocycles. The van der Waals surface area contributed by atoms with Gasteiger partial charge in [0.1, 0.15) is 0 Å². The van der Waals surface area contributed by atoms with E-state index in [1.807, 2.05) is 36.2 Å². The monoisotopic (exact) mass is 274 g/mol. The molecule has 1 fully saturated rings. The van der Waals surface area contributed by atoms with Crippen molar-refractivity contribution >= 4 is 11.6 Å². The fourth-order valence-electron chi connectivity index (χ4n) is 3.14. The van der Waals surface area contributed by atoms with Crippen molar-refractivity contribution in [2.75, 3.05) is 12.8 Å². The number of anilines is 1. The third kappa shape index (κ3) is 3.75. The quantitative estimate of drug-likeness (QED) is 0.857. The van der Waals surface area contributed by atoms with E-state index in [-0.39, 0.29) is 5.91 Å². The lowest BCUT2D eigenvalue weighted by Gasteiger charge is -2.34. The molecule has 3 heteroatoms. The number of nitrogens with two attached hydrogens (primary N) is 1. The highest BCUT2D eigenvalue weighted by Gasteiger charge is 2.25. The zero-order chi connectivity index (χ0) is 14.5. The number of carbonyl (C=O) groups excluding carboxylic acids is 1. The van der Waals surface area contributed by atoms with Gasteiger partial charge in [-0.1, -0.05) is 38.0 Å². The topological polar surface area (TPSA) is 46.3 Å². The highest BCUT2D eigenvalue weighted by molar-refractivity contribution is 5.76. The molecule has 2 atom stereocenters. The number of carbonyl (C=O) groups is 1. The van der Waals surface area contributed by atoms with Gasteiger partial charge in [0, 0.05) is 25.2 Å². The van der Waals surface area contributed by atoms with E-state index in [2.05, 4.69) is 6.92 Å². The number of amides is 1. The van der Waals surface area contributed by atoms with Crippen LogP contribution in [0.2, 0.25) is 0 Å². The zero-order valence-corrected chi connectivity index (χ0v) is 12.6. The smallest absolute Gasteiger partial charge is 0.222 e. The van der Waals surface area contributed by atoms with Crippen LogP contribution >= 0.6 is 0 Å². The van der Waals surface area contributed by atoms with Gasteiger partial charge in [-0.05, 0) is 36.8 Å². The molecular weight excluding hydrogens is 248 g/mol. The summed E-state index contributed by atoms with van der Waals surface area (Å²) >= 11 is 0. The predicted molar refractivity (Wildman–Crippen MR) is 83.4 cm³/mol. The first-order chi connectivity index (χ1) is 9.58. The molecule has 1 saturated carbocycles. The number of hydrogen-bond acceptors (Lipinski definition) is 2. The number of para-hydroxylation sites is 1. The molecule has 2 unspecified atom stereocenters. The summed E-state index contributed by atoms with van der Waals surface area (Å²) in [5, 5.41) is 0. The van der Waals surface area contributed by atoms with Crippen molar-refractivity contribution in [1.82, 2.24) is 4.90 Å². The molecule has 0 radical (unpaired) electrons. The average Bonchev–Trinajstić information content (AvgIpc) is 2.45. The van der Waals surface area contributed by atoms with E-state index >= 15 is 0 Å². The van der Waals surface area contributed by atoms with E-state index in [0.29, 0.717) is 12.5 Å². The largest absolute Gasteiger partial charge is 0.399 e. The minimum Gasteiger partial charge on any atom is -0.399 e. The lowest BCUT2D eigenvalue weighted by atomic mass is 9.86. The Morgan fingerprint density at radius 3 is 2.80 bits per heavy atom. The Bertz CT molecular complexity index is 458. The Kier molecular flexibility index (Phi) is 5.05. The summed E-state index contributed by atoms with van der Waals surface area (Å²) in [5.74, 6) is 0.987. The van der Waals surface area contributed by atoms with Crippen LogP contribution in [0.25, 0.3) is 0 Å². The number of aryl methyl sites for hydroxylation is 1. The summed E-state index contributed by atoms with van der Waals surface area (Å²) in [6.45, 7) is 2.29. The molecule has 1 aromatic carbocycles. The second-order valence-corrected chi connectivity index (χ2v) is 6.13. The Hall–Kier alpha value is -1.51. The summed E-state index contributed by atoms with van der Waals surface area (Å²) in [6, 6.07) is 8.23. The highest BCUT2D eigenvalue weighted by Crippen LogP contribution is 2.27. The number of benzene rings is 1. The first kappa shape index (κ1) is 14.9. The standard InChI is InChI=1S/C17H26N2O/c1-13-6-5-8-15(12-13)19(2)17(20)11-10-14-7-3-4-9-16(14)18/h3-4,7,9,13,15H,5-6,8,10-12,18H2,1-2H3. The van der Waals surface area contributed by atoms with Crippen LogP contribution in [0.15, 0.2) is 24.3 Å². The van der Waals surface area contributed by atoms with Gasteiger partial charge in [-0.25, -0.2) is 0 Å². The van der Waals surface area contributed by atoms with Gasteiger partial charge in [-0.2, -0.15) is 0 Å². The van der Waals surface area contributed by atoms with E-state index in [9.17, 15) is 4.79 Å². The highest BCUT2D eigenvalue weighted by atomic mass is 16.2. The Morgan fingerprint density at radius 1 is 1.35 bits per heavy atom. The predicted octanol–water partition coefficient (Wildman–Crippen LogP) is 3.24. The van der Waals surface area contributed by atoms with Crippen molar-refractivity contribution in [3.63, 3.8) is 0 Å². The molecule has 1 aromatic rings. The molecule has 3 nitrogen and oxygen atoms in total. The summed E-state index contributed by atoms with van der Waals surface area (Å²) in [7, 11) is 1.96. The molecule has 0 aromatic heterocycles. The molecule has 2 N–H and O–H groups in total. The fraction of sp³-hybridized carbons (Fsp3) is 0.588. The third-order valence-electron chi connectivity index (χ3n) is 4.51. The van der Waals surface area contributed by atoms with E-state index in [4.69, 9.17) is 5.73 Å². The van der Waals surface area contributed by atoms with E-state index < -0.39 is 0 Å².